The van der Waals surface area contributed by atoms with Crippen molar-refractivity contribution in [3.05, 3.63) is 59.7 Å². The van der Waals surface area contributed by atoms with Crippen molar-refractivity contribution in [2.24, 2.45) is 4.99 Å². The van der Waals surface area contributed by atoms with Gasteiger partial charge in [-0.1, -0.05) is 29.8 Å². The number of ether oxygens (including phenoxy) is 1. The minimum Gasteiger partial charge on any atom is -0.497 e. The molecule has 0 aromatic heterocycles. The second-order valence-electron chi connectivity index (χ2n) is 6.55. The van der Waals surface area contributed by atoms with Crippen molar-refractivity contribution in [3.8, 4) is 5.75 Å². The first-order chi connectivity index (χ1) is 13.6. The lowest BCUT2D eigenvalue weighted by Crippen LogP contribution is -2.55. The van der Waals surface area contributed by atoms with E-state index in [-0.39, 0.29) is 24.2 Å². The van der Waals surface area contributed by atoms with Crippen molar-refractivity contribution in [3.63, 3.8) is 0 Å². The molecule has 2 amide bonds. The molecule has 2 N–H and O–H groups in total. The van der Waals surface area contributed by atoms with Gasteiger partial charge in [0.05, 0.1) is 12.8 Å². The van der Waals surface area contributed by atoms with Crippen LogP contribution in [0.1, 0.15) is 17.5 Å². The Kier molecular flexibility index (Phi) is 6.26. The summed E-state index contributed by atoms with van der Waals surface area (Å²) < 4.78 is 5.14. The fourth-order valence-corrected chi connectivity index (χ4v) is 2.82. The fourth-order valence-electron chi connectivity index (χ4n) is 2.82. The smallest absolute Gasteiger partial charge is 0.288 e. The summed E-state index contributed by atoms with van der Waals surface area (Å²) in [5.74, 6) is 0.440. The van der Waals surface area contributed by atoms with E-state index in [1.165, 1.54) is 10.6 Å². The first-order valence-corrected chi connectivity index (χ1v) is 9.18. The van der Waals surface area contributed by atoms with Crippen molar-refractivity contribution in [2.75, 3.05) is 25.2 Å². The predicted octanol–water partition coefficient (Wildman–Crippen LogP) is 2.00. The van der Waals surface area contributed by atoms with Crippen LogP contribution in [0.5, 0.6) is 5.75 Å². The summed E-state index contributed by atoms with van der Waals surface area (Å²) in [6.45, 7) is 2.43. The van der Waals surface area contributed by atoms with Crippen LogP contribution < -0.4 is 20.5 Å². The Labute approximate surface area is 164 Å². The largest absolute Gasteiger partial charge is 0.497 e. The molecule has 146 valence electrons. The molecule has 1 aliphatic rings. The third-order valence-corrected chi connectivity index (χ3v) is 4.43. The van der Waals surface area contributed by atoms with Crippen LogP contribution in [0.2, 0.25) is 0 Å². The summed E-state index contributed by atoms with van der Waals surface area (Å²) in [4.78, 5) is 28.5. The molecular formula is C21H24N4O3. The number of aryl methyl sites for hydroxylation is 2. The zero-order valence-electron chi connectivity index (χ0n) is 16.1. The molecule has 0 atom stereocenters. The van der Waals surface area contributed by atoms with Crippen LogP contribution in [0.4, 0.5) is 5.69 Å². The van der Waals surface area contributed by atoms with Crippen molar-refractivity contribution in [1.82, 2.24) is 10.7 Å². The lowest BCUT2D eigenvalue weighted by molar-refractivity contribution is -0.118. The van der Waals surface area contributed by atoms with Gasteiger partial charge in [0, 0.05) is 6.54 Å². The number of benzene rings is 2. The summed E-state index contributed by atoms with van der Waals surface area (Å²) in [6, 6.07) is 15.4. The summed E-state index contributed by atoms with van der Waals surface area (Å²) in [5, 5.41) is 4.21. The van der Waals surface area contributed by atoms with Crippen molar-refractivity contribution in [1.29, 1.82) is 0 Å². The maximum Gasteiger partial charge on any atom is 0.288 e. The standard InChI is InChI=1S/C21H24N4O3/c1-15-5-9-17(10-6-15)25-19(26)14-23-20(24-25)21(27)22-13-3-4-16-7-11-18(28-2)12-8-16/h5-12H,3-4,13-14H2,1-2H3,(H,22,27)(H,23,24). The summed E-state index contributed by atoms with van der Waals surface area (Å²) in [7, 11) is 1.64. The molecular weight excluding hydrogens is 356 g/mol. The molecule has 0 radical (unpaired) electrons. The van der Waals surface area contributed by atoms with Crippen molar-refractivity contribution >= 4 is 23.3 Å². The Bertz CT molecular complexity index is 860. The molecule has 2 aromatic carbocycles. The van der Waals surface area contributed by atoms with Gasteiger partial charge < -0.3 is 10.1 Å². The Balaban J connectivity index is 1.49. The van der Waals surface area contributed by atoms with Crippen LogP contribution in [0, 0.1) is 6.92 Å². The number of nitrogens with zero attached hydrogens (tertiary/aromatic N) is 2. The van der Waals surface area contributed by atoms with E-state index in [1.54, 1.807) is 7.11 Å². The number of carbonyl (C=O) groups excluding carboxylic acids is 2. The number of hydrogen-bond donors (Lipinski definition) is 2. The van der Waals surface area contributed by atoms with Gasteiger partial charge in [-0.3, -0.25) is 20.0 Å². The molecule has 0 saturated carbocycles. The predicted molar refractivity (Wildman–Crippen MR) is 108 cm³/mol. The molecule has 0 saturated heterocycles. The number of hydrazine groups is 1. The molecule has 0 fully saturated rings. The second-order valence-corrected chi connectivity index (χ2v) is 6.55. The first kappa shape index (κ1) is 19.4. The van der Waals surface area contributed by atoms with Crippen molar-refractivity contribution in [2.45, 2.75) is 19.8 Å². The summed E-state index contributed by atoms with van der Waals surface area (Å²) in [6.07, 6.45) is 1.64. The third-order valence-electron chi connectivity index (χ3n) is 4.43. The lowest BCUT2D eigenvalue weighted by Gasteiger charge is -2.27. The Morgan fingerprint density at radius 2 is 1.89 bits per heavy atom. The lowest BCUT2D eigenvalue weighted by atomic mass is 10.1. The van der Waals surface area contributed by atoms with E-state index >= 15 is 0 Å². The normalized spacial score (nSPS) is 13.6. The highest BCUT2D eigenvalue weighted by atomic mass is 16.5. The number of nitrogens with one attached hydrogen (secondary N) is 2. The quantitative estimate of drug-likeness (QED) is 0.720. The van der Waals surface area contributed by atoms with Gasteiger partial charge in [0.25, 0.3) is 11.8 Å². The average Bonchev–Trinajstić information content (AvgIpc) is 2.72. The average molecular weight is 380 g/mol. The molecule has 0 bridgehead atoms. The molecule has 1 heterocycles. The minimum atomic E-state index is -0.320. The van der Waals surface area contributed by atoms with E-state index in [4.69, 9.17) is 4.74 Å². The van der Waals surface area contributed by atoms with Gasteiger partial charge in [-0.05, 0) is 49.6 Å². The Morgan fingerprint density at radius 1 is 1.18 bits per heavy atom. The highest BCUT2D eigenvalue weighted by molar-refractivity contribution is 6.39. The van der Waals surface area contributed by atoms with Gasteiger partial charge >= 0.3 is 0 Å². The van der Waals surface area contributed by atoms with E-state index in [2.05, 4.69) is 15.7 Å². The number of hydrogen-bond acceptors (Lipinski definition) is 5. The monoisotopic (exact) mass is 380 g/mol. The van der Waals surface area contributed by atoms with E-state index in [1.807, 2.05) is 55.5 Å². The maximum absolute atomic E-state index is 12.4. The molecule has 2 aromatic rings. The number of rotatable bonds is 7. The molecule has 1 aliphatic heterocycles. The van der Waals surface area contributed by atoms with Crippen molar-refractivity contribution < 1.29 is 14.3 Å². The van der Waals surface area contributed by atoms with Crippen LogP contribution in [0.3, 0.4) is 0 Å². The van der Waals surface area contributed by atoms with Gasteiger partial charge in [0.2, 0.25) is 5.84 Å². The highest BCUT2D eigenvalue weighted by Crippen LogP contribution is 2.15. The van der Waals surface area contributed by atoms with Gasteiger partial charge in [-0.2, -0.15) is 0 Å². The van der Waals surface area contributed by atoms with E-state index in [0.29, 0.717) is 12.2 Å². The Hall–Kier alpha value is -3.35. The van der Waals surface area contributed by atoms with Crippen LogP contribution in [-0.4, -0.2) is 37.8 Å². The van der Waals surface area contributed by atoms with Crippen LogP contribution in [0.25, 0.3) is 0 Å². The molecule has 7 nitrogen and oxygen atoms in total. The topological polar surface area (TPSA) is 83.0 Å². The third kappa shape index (κ3) is 4.88. The summed E-state index contributed by atoms with van der Waals surface area (Å²) in [5.41, 5.74) is 5.77. The number of aliphatic imine (C=N–C) groups is 1. The van der Waals surface area contributed by atoms with Crippen LogP contribution in [-0.2, 0) is 16.0 Å². The van der Waals surface area contributed by atoms with Gasteiger partial charge in [-0.15, -0.1) is 0 Å². The Morgan fingerprint density at radius 3 is 2.57 bits per heavy atom. The second kappa shape index (κ2) is 9.03. The number of amides is 2. The SMILES string of the molecule is COc1ccc(CCCNC(=O)C2=NCC(=O)N(c3ccc(C)cc3)N2)cc1. The molecule has 28 heavy (non-hydrogen) atoms. The van der Waals surface area contributed by atoms with Gasteiger partial charge in [0.1, 0.15) is 12.3 Å². The molecule has 0 spiro atoms. The number of carbonyl (C=O) groups is 2. The first-order valence-electron chi connectivity index (χ1n) is 9.18. The van der Waals surface area contributed by atoms with Gasteiger partial charge in [-0.25, -0.2) is 5.01 Å². The highest BCUT2D eigenvalue weighted by Gasteiger charge is 2.25. The molecule has 0 aliphatic carbocycles. The molecule has 3 rings (SSSR count). The van der Waals surface area contributed by atoms with E-state index in [9.17, 15) is 9.59 Å². The summed E-state index contributed by atoms with van der Waals surface area (Å²) >= 11 is 0. The molecule has 7 heteroatoms. The number of anilines is 1. The number of methoxy groups -OCH3 is 1. The zero-order chi connectivity index (χ0) is 19.9. The molecule has 0 unspecified atom stereocenters. The fraction of sp³-hybridized carbons (Fsp3) is 0.286. The van der Waals surface area contributed by atoms with Gasteiger partial charge in [0.15, 0.2) is 0 Å². The number of amidine groups is 1. The van der Waals surface area contributed by atoms with E-state index < -0.39 is 0 Å². The zero-order valence-corrected chi connectivity index (χ0v) is 16.1. The van der Waals surface area contributed by atoms with E-state index in [0.717, 1.165) is 24.2 Å². The van der Waals surface area contributed by atoms with Crippen LogP contribution >= 0.6 is 0 Å². The van der Waals surface area contributed by atoms with Crippen LogP contribution in [0.15, 0.2) is 53.5 Å². The minimum absolute atomic E-state index is 0.0600. The maximum atomic E-state index is 12.4.